The van der Waals surface area contributed by atoms with Crippen LogP contribution in [0.25, 0.3) is 0 Å². The molecule has 2 N–H and O–H groups in total. The van der Waals surface area contributed by atoms with Crippen LogP contribution in [-0.2, 0) is 11.3 Å². The lowest BCUT2D eigenvalue weighted by Crippen LogP contribution is -2.41. The van der Waals surface area contributed by atoms with Gasteiger partial charge in [-0.2, -0.15) is 0 Å². The van der Waals surface area contributed by atoms with E-state index in [-0.39, 0.29) is 30.0 Å². The summed E-state index contributed by atoms with van der Waals surface area (Å²) in [5.41, 5.74) is -0.233. The van der Waals surface area contributed by atoms with Gasteiger partial charge in [0, 0.05) is 11.6 Å². The molecule has 2 aromatic carbocycles. The van der Waals surface area contributed by atoms with Crippen LogP contribution in [0.15, 0.2) is 42.5 Å². The van der Waals surface area contributed by atoms with Gasteiger partial charge >= 0.3 is 12.4 Å². The van der Waals surface area contributed by atoms with Crippen molar-refractivity contribution in [2.24, 2.45) is 0 Å². The molecule has 2 amide bonds. The number of halogens is 5. The Kier molecular flexibility index (Phi) is 7.32. The average Bonchev–Trinajstić information content (AvgIpc) is 2.69. The Bertz CT molecular complexity index is 879. The van der Waals surface area contributed by atoms with Crippen LogP contribution in [-0.4, -0.2) is 24.5 Å². The molecule has 0 saturated heterocycles. The Morgan fingerprint density at radius 1 is 0.968 bits per heavy atom. The van der Waals surface area contributed by atoms with Gasteiger partial charge in [-0.05, 0) is 49.9 Å². The molecule has 3 rings (SSSR count). The number of benzene rings is 2. The first-order valence-corrected chi connectivity index (χ1v) is 9.68. The van der Waals surface area contributed by atoms with Gasteiger partial charge in [0.25, 0.3) is 0 Å². The molecule has 0 heterocycles. The van der Waals surface area contributed by atoms with Crippen LogP contribution >= 0.6 is 0 Å². The first-order valence-electron chi connectivity index (χ1n) is 9.68. The number of alkyl halides is 3. The number of urea groups is 1. The molecule has 1 saturated carbocycles. The highest BCUT2D eigenvalue weighted by atomic mass is 19.4. The Balaban J connectivity index is 1.45. The number of nitrogens with one attached hydrogen (secondary N) is 2. The van der Waals surface area contributed by atoms with E-state index < -0.39 is 29.8 Å². The fourth-order valence-electron chi connectivity index (χ4n) is 3.37. The van der Waals surface area contributed by atoms with Crippen LogP contribution in [0.2, 0.25) is 0 Å². The molecular weight excluding hydrogens is 423 g/mol. The minimum absolute atomic E-state index is 0.110. The molecule has 31 heavy (non-hydrogen) atoms. The number of hydrogen-bond donors (Lipinski definition) is 2. The van der Waals surface area contributed by atoms with E-state index in [0.29, 0.717) is 25.7 Å². The second-order valence-corrected chi connectivity index (χ2v) is 7.13. The molecule has 0 bridgehead atoms. The topological polar surface area (TPSA) is 59.6 Å². The minimum Gasteiger partial charge on any atom is -0.404 e. The largest absolute Gasteiger partial charge is 0.573 e. The predicted octanol–water partition coefficient (Wildman–Crippen LogP) is 5.51. The summed E-state index contributed by atoms with van der Waals surface area (Å²) >= 11 is 0. The third kappa shape index (κ3) is 6.81. The van der Waals surface area contributed by atoms with E-state index in [9.17, 15) is 26.7 Å². The number of amides is 2. The second kappa shape index (κ2) is 9.95. The molecule has 0 radical (unpaired) electrons. The summed E-state index contributed by atoms with van der Waals surface area (Å²) in [6.07, 6.45) is -2.85. The monoisotopic (exact) mass is 444 g/mol. The number of ether oxygens (including phenoxy) is 2. The van der Waals surface area contributed by atoms with Crippen molar-refractivity contribution >= 4 is 11.7 Å². The molecule has 168 valence electrons. The summed E-state index contributed by atoms with van der Waals surface area (Å²) in [7, 11) is 0. The predicted molar refractivity (Wildman–Crippen MR) is 102 cm³/mol. The Morgan fingerprint density at radius 3 is 2.26 bits per heavy atom. The number of hydrogen-bond acceptors (Lipinski definition) is 3. The van der Waals surface area contributed by atoms with E-state index in [1.165, 1.54) is 36.4 Å². The SMILES string of the molecule is O=C(Nc1ccccc1OC(F)(F)F)N[C@H]1CC[C@H](OCc2c(F)cccc2F)CC1. The number of para-hydroxylation sites is 2. The smallest absolute Gasteiger partial charge is 0.404 e. The van der Waals surface area contributed by atoms with Crippen LogP contribution in [0, 0.1) is 11.6 Å². The molecule has 1 fully saturated rings. The van der Waals surface area contributed by atoms with Gasteiger partial charge in [0.2, 0.25) is 0 Å². The summed E-state index contributed by atoms with van der Waals surface area (Å²) < 4.78 is 74.3. The Hall–Kier alpha value is -2.88. The summed E-state index contributed by atoms with van der Waals surface area (Å²) in [5, 5.41) is 5.07. The number of rotatable bonds is 6. The lowest BCUT2D eigenvalue weighted by molar-refractivity contribution is -0.274. The molecule has 0 atom stereocenters. The molecule has 10 heteroatoms. The van der Waals surface area contributed by atoms with Gasteiger partial charge in [-0.15, -0.1) is 13.2 Å². The molecular formula is C21H21F5N2O3. The van der Waals surface area contributed by atoms with Crippen molar-refractivity contribution < 1.29 is 36.2 Å². The highest BCUT2D eigenvalue weighted by Gasteiger charge is 2.32. The van der Waals surface area contributed by atoms with Crippen molar-refractivity contribution in [1.29, 1.82) is 0 Å². The minimum atomic E-state index is -4.88. The third-order valence-corrected chi connectivity index (χ3v) is 4.90. The maximum atomic E-state index is 13.7. The highest BCUT2D eigenvalue weighted by Crippen LogP contribution is 2.30. The fourth-order valence-corrected chi connectivity index (χ4v) is 3.37. The van der Waals surface area contributed by atoms with E-state index in [1.54, 1.807) is 0 Å². The molecule has 0 aromatic heterocycles. The van der Waals surface area contributed by atoms with Crippen molar-refractivity contribution in [3.63, 3.8) is 0 Å². The summed E-state index contributed by atoms with van der Waals surface area (Å²) in [5.74, 6) is -1.84. The Morgan fingerprint density at radius 2 is 1.61 bits per heavy atom. The summed E-state index contributed by atoms with van der Waals surface area (Å²) in [6, 6.07) is 7.98. The van der Waals surface area contributed by atoms with Crippen molar-refractivity contribution in [3.8, 4) is 5.75 Å². The van der Waals surface area contributed by atoms with E-state index >= 15 is 0 Å². The van der Waals surface area contributed by atoms with E-state index in [2.05, 4.69) is 15.4 Å². The normalized spacial score (nSPS) is 19.0. The van der Waals surface area contributed by atoms with E-state index in [0.717, 1.165) is 6.07 Å². The van der Waals surface area contributed by atoms with Crippen molar-refractivity contribution in [2.45, 2.75) is 50.8 Å². The zero-order valence-electron chi connectivity index (χ0n) is 16.3. The molecule has 0 unspecified atom stereocenters. The fraction of sp³-hybridized carbons (Fsp3) is 0.381. The van der Waals surface area contributed by atoms with E-state index in [1.807, 2.05) is 0 Å². The molecule has 1 aliphatic carbocycles. The van der Waals surface area contributed by atoms with Gasteiger partial charge in [-0.3, -0.25) is 0 Å². The number of carbonyl (C=O) groups is 1. The summed E-state index contributed by atoms with van der Waals surface area (Å²) in [6.45, 7) is -0.183. The first-order chi connectivity index (χ1) is 14.7. The van der Waals surface area contributed by atoms with Crippen LogP contribution in [0.4, 0.5) is 32.4 Å². The maximum absolute atomic E-state index is 13.7. The average molecular weight is 444 g/mol. The third-order valence-electron chi connectivity index (χ3n) is 4.90. The molecule has 0 spiro atoms. The molecule has 0 aliphatic heterocycles. The molecule has 5 nitrogen and oxygen atoms in total. The van der Waals surface area contributed by atoms with Crippen molar-refractivity contribution in [1.82, 2.24) is 5.32 Å². The Labute approximate surface area is 175 Å². The standard InChI is InChI=1S/C21H21F5N2O3/c22-16-4-3-5-17(23)15(16)12-30-14-10-8-13(9-11-14)27-20(29)28-18-6-1-2-7-19(18)31-21(24,25)26/h1-7,13-14H,8-12H2,(H2,27,28,29)/t13-,14-. The molecule has 2 aromatic rings. The van der Waals surface area contributed by atoms with Gasteiger partial charge in [0.15, 0.2) is 5.75 Å². The zero-order chi connectivity index (χ0) is 22.4. The van der Waals surface area contributed by atoms with Crippen molar-refractivity contribution in [2.75, 3.05) is 5.32 Å². The van der Waals surface area contributed by atoms with Crippen LogP contribution in [0.1, 0.15) is 31.2 Å². The van der Waals surface area contributed by atoms with Crippen LogP contribution in [0.3, 0.4) is 0 Å². The maximum Gasteiger partial charge on any atom is 0.573 e. The number of carbonyl (C=O) groups excluding carboxylic acids is 1. The zero-order valence-corrected chi connectivity index (χ0v) is 16.3. The summed E-state index contributed by atoms with van der Waals surface area (Å²) in [4.78, 5) is 12.2. The van der Waals surface area contributed by atoms with Crippen LogP contribution < -0.4 is 15.4 Å². The molecule has 1 aliphatic rings. The van der Waals surface area contributed by atoms with Gasteiger partial charge in [0.05, 0.1) is 18.4 Å². The van der Waals surface area contributed by atoms with Crippen molar-refractivity contribution in [3.05, 3.63) is 59.7 Å². The lowest BCUT2D eigenvalue weighted by Gasteiger charge is -2.29. The quantitative estimate of drug-likeness (QED) is 0.578. The number of anilines is 1. The van der Waals surface area contributed by atoms with Crippen LogP contribution in [0.5, 0.6) is 5.75 Å². The highest BCUT2D eigenvalue weighted by molar-refractivity contribution is 5.91. The van der Waals surface area contributed by atoms with Gasteiger partial charge in [0.1, 0.15) is 11.6 Å². The first kappa shape index (κ1) is 22.8. The van der Waals surface area contributed by atoms with E-state index in [4.69, 9.17) is 4.74 Å². The van der Waals surface area contributed by atoms with Gasteiger partial charge in [-0.25, -0.2) is 13.6 Å². The second-order valence-electron chi connectivity index (χ2n) is 7.13. The van der Waals surface area contributed by atoms with Gasteiger partial charge in [-0.1, -0.05) is 18.2 Å². The lowest BCUT2D eigenvalue weighted by atomic mass is 9.93. The van der Waals surface area contributed by atoms with Gasteiger partial charge < -0.3 is 20.1 Å².